The number of furan rings is 1. The molecule has 3 aromatic rings. The Bertz CT molecular complexity index is 729. The second-order valence-electron chi connectivity index (χ2n) is 4.40. The summed E-state index contributed by atoms with van der Waals surface area (Å²) in [5.41, 5.74) is 2.81. The summed E-state index contributed by atoms with van der Waals surface area (Å²) in [6.07, 6.45) is 1.76. The first kappa shape index (κ1) is 12.4. The Morgan fingerprint density at radius 1 is 1.37 bits per heavy atom. The lowest BCUT2D eigenvalue weighted by molar-refractivity contribution is 0.617. The van der Waals surface area contributed by atoms with E-state index < -0.39 is 0 Å². The van der Waals surface area contributed by atoms with Crippen molar-refractivity contribution in [3.05, 3.63) is 41.0 Å². The number of benzene rings is 1. The molecule has 1 aromatic carbocycles. The molecule has 98 valence electrons. The standard InChI is InChI=1S/C14H14BrN3O/c1-16-7-12-17-13(14(15)18(12)2)10-8-19-11-6-4-3-5-9(10)11/h3-6,8,16H,7H2,1-2H3. The lowest BCUT2D eigenvalue weighted by Gasteiger charge is -1.99. The Balaban J connectivity index is 2.19. The molecular formula is C14H14BrN3O. The van der Waals surface area contributed by atoms with Crippen molar-refractivity contribution in [2.45, 2.75) is 6.54 Å². The van der Waals surface area contributed by atoms with Crippen LogP contribution in [-0.4, -0.2) is 16.6 Å². The highest BCUT2D eigenvalue weighted by molar-refractivity contribution is 9.10. The van der Waals surface area contributed by atoms with Crippen molar-refractivity contribution in [3.8, 4) is 11.3 Å². The van der Waals surface area contributed by atoms with Gasteiger partial charge in [-0.05, 0) is 29.0 Å². The van der Waals surface area contributed by atoms with Gasteiger partial charge in [0.25, 0.3) is 0 Å². The molecule has 0 aliphatic rings. The van der Waals surface area contributed by atoms with E-state index in [2.05, 4.69) is 26.2 Å². The molecule has 5 heteroatoms. The fourth-order valence-corrected chi connectivity index (χ4v) is 2.68. The van der Waals surface area contributed by atoms with Gasteiger partial charge in [0.15, 0.2) is 0 Å². The first-order valence-electron chi connectivity index (χ1n) is 6.04. The maximum atomic E-state index is 5.58. The van der Waals surface area contributed by atoms with Crippen molar-refractivity contribution >= 4 is 26.9 Å². The van der Waals surface area contributed by atoms with Crippen LogP contribution in [0.3, 0.4) is 0 Å². The lowest BCUT2D eigenvalue weighted by atomic mass is 10.1. The average molecular weight is 320 g/mol. The second kappa shape index (κ2) is 4.83. The molecule has 2 heterocycles. The topological polar surface area (TPSA) is 43.0 Å². The van der Waals surface area contributed by atoms with Gasteiger partial charge in [-0.15, -0.1) is 0 Å². The molecule has 0 unspecified atom stereocenters. The third kappa shape index (κ3) is 1.99. The van der Waals surface area contributed by atoms with Crippen LogP contribution >= 0.6 is 15.9 Å². The van der Waals surface area contributed by atoms with Crippen LogP contribution in [0.15, 0.2) is 39.5 Å². The molecule has 0 aliphatic carbocycles. The first-order valence-corrected chi connectivity index (χ1v) is 6.84. The molecule has 0 aliphatic heterocycles. The molecule has 2 aromatic heterocycles. The van der Waals surface area contributed by atoms with Crippen LogP contribution < -0.4 is 5.32 Å². The van der Waals surface area contributed by atoms with Gasteiger partial charge in [0.1, 0.15) is 28.0 Å². The van der Waals surface area contributed by atoms with E-state index in [1.807, 2.05) is 42.9 Å². The second-order valence-corrected chi connectivity index (χ2v) is 5.15. The summed E-state index contributed by atoms with van der Waals surface area (Å²) in [4.78, 5) is 4.69. The summed E-state index contributed by atoms with van der Waals surface area (Å²) in [6.45, 7) is 0.727. The van der Waals surface area contributed by atoms with Crippen LogP contribution in [0.25, 0.3) is 22.2 Å². The molecule has 1 N–H and O–H groups in total. The van der Waals surface area contributed by atoms with Gasteiger partial charge in [-0.3, -0.25) is 0 Å². The van der Waals surface area contributed by atoms with Gasteiger partial charge >= 0.3 is 0 Å². The third-order valence-corrected chi connectivity index (χ3v) is 4.10. The predicted octanol–water partition coefficient (Wildman–Crippen LogP) is 3.32. The first-order chi connectivity index (χ1) is 9.22. The number of nitrogens with one attached hydrogen (secondary N) is 1. The Morgan fingerprint density at radius 3 is 2.95 bits per heavy atom. The number of para-hydroxylation sites is 1. The van der Waals surface area contributed by atoms with Gasteiger partial charge in [-0.1, -0.05) is 18.2 Å². The van der Waals surface area contributed by atoms with Crippen molar-refractivity contribution in [2.75, 3.05) is 7.05 Å². The average Bonchev–Trinajstić information content (AvgIpc) is 2.96. The summed E-state index contributed by atoms with van der Waals surface area (Å²) in [5.74, 6) is 0.981. The molecular weight excluding hydrogens is 306 g/mol. The van der Waals surface area contributed by atoms with Gasteiger partial charge in [-0.2, -0.15) is 0 Å². The predicted molar refractivity (Wildman–Crippen MR) is 78.9 cm³/mol. The fraction of sp³-hybridized carbons (Fsp3) is 0.214. The molecule has 0 amide bonds. The quantitative estimate of drug-likeness (QED) is 0.805. The number of hydrogen-bond acceptors (Lipinski definition) is 3. The summed E-state index contributed by atoms with van der Waals surface area (Å²) in [5, 5.41) is 4.20. The van der Waals surface area contributed by atoms with Crippen LogP contribution in [0.1, 0.15) is 5.82 Å². The minimum absolute atomic E-state index is 0.727. The number of aromatic nitrogens is 2. The smallest absolute Gasteiger partial charge is 0.134 e. The van der Waals surface area contributed by atoms with Crippen LogP contribution in [0.2, 0.25) is 0 Å². The molecule has 19 heavy (non-hydrogen) atoms. The van der Waals surface area contributed by atoms with E-state index in [1.54, 1.807) is 6.26 Å². The zero-order chi connectivity index (χ0) is 13.4. The fourth-order valence-electron chi connectivity index (χ4n) is 2.17. The van der Waals surface area contributed by atoms with Crippen LogP contribution in [0, 0.1) is 0 Å². The molecule has 0 bridgehead atoms. The molecule has 0 saturated carbocycles. The lowest BCUT2D eigenvalue weighted by Crippen LogP contribution is -2.10. The maximum Gasteiger partial charge on any atom is 0.134 e. The molecule has 0 spiro atoms. The van der Waals surface area contributed by atoms with E-state index in [0.717, 1.165) is 39.2 Å². The molecule has 0 saturated heterocycles. The van der Waals surface area contributed by atoms with E-state index in [1.165, 1.54) is 0 Å². The zero-order valence-corrected chi connectivity index (χ0v) is 12.4. The Kier molecular flexibility index (Phi) is 3.16. The Morgan fingerprint density at radius 2 is 2.16 bits per heavy atom. The molecule has 0 radical (unpaired) electrons. The van der Waals surface area contributed by atoms with Gasteiger partial charge in [0, 0.05) is 18.0 Å². The molecule has 0 fully saturated rings. The van der Waals surface area contributed by atoms with E-state index >= 15 is 0 Å². The summed E-state index contributed by atoms with van der Waals surface area (Å²) >= 11 is 3.61. The SMILES string of the molecule is CNCc1nc(-c2coc3ccccc23)c(Br)n1C. The number of fused-ring (bicyclic) bond motifs is 1. The summed E-state index contributed by atoms with van der Waals surface area (Å²) in [7, 11) is 3.91. The van der Waals surface area contributed by atoms with Gasteiger partial charge in [-0.25, -0.2) is 4.98 Å². The van der Waals surface area contributed by atoms with E-state index in [-0.39, 0.29) is 0 Å². The number of imidazole rings is 1. The highest BCUT2D eigenvalue weighted by atomic mass is 79.9. The monoisotopic (exact) mass is 319 g/mol. The zero-order valence-electron chi connectivity index (χ0n) is 10.8. The number of rotatable bonds is 3. The van der Waals surface area contributed by atoms with Crippen molar-refractivity contribution in [1.82, 2.24) is 14.9 Å². The third-order valence-electron chi connectivity index (χ3n) is 3.19. The Hall–Kier alpha value is -1.59. The van der Waals surface area contributed by atoms with E-state index in [0.29, 0.717) is 0 Å². The molecule has 4 nitrogen and oxygen atoms in total. The highest BCUT2D eigenvalue weighted by Gasteiger charge is 2.17. The minimum atomic E-state index is 0.727. The van der Waals surface area contributed by atoms with Gasteiger partial charge in [0.05, 0.1) is 6.54 Å². The minimum Gasteiger partial charge on any atom is -0.464 e. The summed E-state index contributed by atoms with van der Waals surface area (Å²) < 4.78 is 8.58. The summed E-state index contributed by atoms with van der Waals surface area (Å²) in [6, 6.07) is 7.99. The van der Waals surface area contributed by atoms with Crippen LogP contribution in [0.4, 0.5) is 0 Å². The van der Waals surface area contributed by atoms with E-state index in [9.17, 15) is 0 Å². The van der Waals surface area contributed by atoms with Crippen molar-refractivity contribution in [1.29, 1.82) is 0 Å². The van der Waals surface area contributed by atoms with Crippen LogP contribution in [-0.2, 0) is 13.6 Å². The molecule has 3 rings (SSSR count). The number of halogens is 1. The highest BCUT2D eigenvalue weighted by Crippen LogP contribution is 2.34. The Labute approximate surface area is 119 Å². The van der Waals surface area contributed by atoms with E-state index in [4.69, 9.17) is 4.42 Å². The van der Waals surface area contributed by atoms with Gasteiger partial charge in [0.2, 0.25) is 0 Å². The largest absolute Gasteiger partial charge is 0.464 e. The van der Waals surface area contributed by atoms with Crippen molar-refractivity contribution < 1.29 is 4.42 Å². The van der Waals surface area contributed by atoms with Crippen molar-refractivity contribution in [3.63, 3.8) is 0 Å². The van der Waals surface area contributed by atoms with Gasteiger partial charge < -0.3 is 14.3 Å². The maximum absolute atomic E-state index is 5.58. The molecule has 0 atom stereocenters. The van der Waals surface area contributed by atoms with Crippen LogP contribution in [0.5, 0.6) is 0 Å². The van der Waals surface area contributed by atoms with Crippen molar-refractivity contribution in [2.24, 2.45) is 7.05 Å². The number of hydrogen-bond donors (Lipinski definition) is 1. The normalized spacial score (nSPS) is 11.3. The number of nitrogens with zero attached hydrogens (tertiary/aromatic N) is 2.